The van der Waals surface area contributed by atoms with Crippen LogP contribution in [0.15, 0.2) is 30.5 Å². The molecule has 0 atom stereocenters. The summed E-state index contributed by atoms with van der Waals surface area (Å²) in [6.45, 7) is 1.23. The summed E-state index contributed by atoms with van der Waals surface area (Å²) >= 11 is 0. The number of amides is 1. The number of nitrogens with one attached hydrogen (secondary N) is 1. The Kier molecular flexibility index (Phi) is 4.67. The molecule has 1 saturated heterocycles. The van der Waals surface area contributed by atoms with Crippen molar-refractivity contribution in [2.75, 3.05) is 13.2 Å². The standard InChI is InChI=1S/C19H20F3N3O2/c20-19(21,22)13-2-1-3-15(10-13)25-17(12-4-5-12)16(11-23-25)18(26)24-14-6-8-27-9-7-14/h1-3,10-12,14H,4-9H2,(H,24,26). The van der Waals surface area contributed by atoms with Gasteiger partial charge in [0.15, 0.2) is 0 Å². The SMILES string of the molecule is O=C(NC1CCOCC1)c1cnn(-c2cccc(C(F)(F)F)c2)c1C1CC1. The van der Waals surface area contributed by atoms with Crippen molar-refractivity contribution in [3.63, 3.8) is 0 Å². The van der Waals surface area contributed by atoms with Gasteiger partial charge in [0.25, 0.3) is 5.91 Å². The summed E-state index contributed by atoms with van der Waals surface area (Å²) in [5, 5.41) is 7.26. The third-order valence-electron chi connectivity index (χ3n) is 4.99. The quantitative estimate of drug-likeness (QED) is 0.882. The molecule has 5 nitrogen and oxygen atoms in total. The number of rotatable bonds is 4. The first-order valence-corrected chi connectivity index (χ1v) is 9.07. The maximum absolute atomic E-state index is 13.0. The highest BCUT2D eigenvalue weighted by Crippen LogP contribution is 2.43. The Bertz CT molecular complexity index is 837. The van der Waals surface area contributed by atoms with Crippen LogP contribution in [0.4, 0.5) is 13.2 Å². The zero-order valence-corrected chi connectivity index (χ0v) is 14.6. The lowest BCUT2D eigenvalue weighted by Crippen LogP contribution is -2.39. The van der Waals surface area contributed by atoms with Gasteiger partial charge in [-0.3, -0.25) is 4.79 Å². The van der Waals surface area contributed by atoms with Gasteiger partial charge in [-0.1, -0.05) is 6.07 Å². The Morgan fingerprint density at radius 3 is 2.59 bits per heavy atom. The van der Waals surface area contributed by atoms with Gasteiger partial charge in [0, 0.05) is 25.2 Å². The van der Waals surface area contributed by atoms with Crippen LogP contribution >= 0.6 is 0 Å². The van der Waals surface area contributed by atoms with Gasteiger partial charge in [0.05, 0.1) is 28.7 Å². The zero-order chi connectivity index (χ0) is 19.0. The van der Waals surface area contributed by atoms with E-state index in [1.165, 1.54) is 16.9 Å². The van der Waals surface area contributed by atoms with Crippen LogP contribution in [0.25, 0.3) is 5.69 Å². The topological polar surface area (TPSA) is 56.1 Å². The van der Waals surface area contributed by atoms with Crippen LogP contribution in [0.2, 0.25) is 0 Å². The fourth-order valence-electron chi connectivity index (χ4n) is 3.41. The highest BCUT2D eigenvalue weighted by atomic mass is 19.4. The summed E-state index contributed by atoms with van der Waals surface area (Å²) in [5.74, 6) is -0.0699. The van der Waals surface area contributed by atoms with E-state index < -0.39 is 11.7 Å². The molecule has 2 heterocycles. The van der Waals surface area contributed by atoms with Gasteiger partial charge in [-0.05, 0) is 43.9 Å². The first-order chi connectivity index (χ1) is 12.9. The third-order valence-corrected chi connectivity index (χ3v) is 4.99. The maximum atomic E-state index is 13.0. The molecule has 144 valence electrons. The van der Waals surface area contributed by atoms with Crippen molar-refractivity contribution >= 4 is 5.91 Å². The summed E-state index contributed by atoms with van der Waals surface area (Å²) in [6.07, 6.45) is 0.359. The number of hydrogen-bond donors (Lipinski definition) is 1. The highest BCUT2D eigenvalue weighted by Gasteiger charge is 2.35. The van der Waals surface area contributed by atoms with Crippen LogP contribution in [0, 0.1) is 0 Å². The number of benzene rings is 1. The van der Waals surface area contributed by atoms with E-state index in [2.05, 4.69) is 10.4 Å². The third kappa shape index (κ3) is 3.85. The summed E-state index contributed by atoms with van der Waals surface area (Å²) in [6, 6.07) is 5.09. The van der Waals surface area contributed by atoms with Gasteiger partial charge in [-0.25, -0.2) is 4.68 Å². The smallest absolute Gasteiger partial charge is 0.381 e. The lowest BCUT2D eigenvalue weighted by atomic mass is 10.1. The van der Waals surface area contributed by atoms with Crippen LogP contribution in [-0.4, -0.2) is 34.9 Å². The molecule has 0 bridgehead atoms. The van der Waals surface area contributed by atoms with Crippen molar-refractivity contribution < 1.29 is 22.7 Å². The van der Waals surface area contributed by atoms with Gasteiger partial charge in [-0.2, -0.15) is 18.3 Å². The predicted octanol–water partition coefficient (Wildman–Crippen LogP) is 3.68. The molecule has 2 aromatic rings. The Hall–Kier alpha value is -2.35. The molecular formula is C19H20F3N3O2. The Labute approximate surface area is 154 Å². The normalized spacial score (nSPS) is 18.5. The number of aromatic nitrogens is 2. The summed E-state index contributed by atoms with van der Waals surface area (Å²) in [5.41, 5.74) is 0.725. The number of hydrogen-bond acceptors (Lipinski definition) is 3. The van der Waals surface area contributed by atoms with E-state index >= 15 is 0 Å². The van der Waals surface area contributed by atoms with E-state index in [1.807, 2.05) is 0 Å². The van der Waals surface area contributed by atoms with E-state index in [0.29, 0.717) is 30.2 Å². The van der Waals surface area contributed by atoms with E-state index in [9.17, 15) is 18.0 Å². The molecule has 2 aliphatic rings. The fraction of sp³-hybridized carbons (Fsp3) is 0.474. The molecule has 1 saturated carbocycles. The second-order valence-electron chi connectivity index (χ2n) is 7.04. The van der Waals surface area contributed by atoms with Crippen LogP contribution in [0.1, 0.15) is 53.2 Å². The van der Waals surface area contributed by atoms with Gasteiger partial charge in [0.2, 0.25) is 0 Å². The molecule has 8 heteroatoms. The molecule has 27 heavy (non-hydrogen) atoms. The van der Waals surface area contributed by atoms with Gasteiger partial charge < -0.3 is 10.1 Å². The molecule has 0 spiro atoms. The summed E-state index contributed by atoms with van der Waals surface area (Å²) in [7, 11) is 0. The van der Waals surface area contributed by atoms with E-state index in [-0.39, 0.29) is 17.9 Å². The number of alkyl halides is 3. The van der Waals surface area contributed by atoms with E-state index in [1.54, 1.807) is 6.07 Å². The fourth-order valence-corrected chi connectivity index (χ4v) is 3.41. The molecule has 0 radical (unpaired) electrons. The average molecular weight is 379 g/mol. The van der Waals surface area contributed by atoms with E-state index in [0.717, 1.165) is 37.8 Å². The van der Waals surface area contributed by atoms with Crippen molar-refractivity contribution in [2.45, 2.75) is 43.8 Å². The highest BCUT2D eigenvalue weighted by molar-refractivity contribution is 5.95. The monoisotopic (exact) mass is 379 g/mol. The molecule has 4 rings (SSSR count). The number of carbonyl (C=O) groups is 1. The van der Waals surface area contributed by atoms with Crippen molar-refractivity contribution in [3.05, 3.63) is 47.3 Å². The predicted molar refractivity (Wildman–Crippen MR) is 91.8 cm³/mol. The molecule has 0 unspecified atom stereocenters. The Balaban J connectivity index is 1.64. The molecule has 1 aromatic carbocycles. The molecule has 1 aromatic heterocycles. The molecule has 2 fully saturated rings. The largest absolute Gasteiger partial charge is 0.416 e. The number of nitrogens with zero attached hydrogens (tertiary/aromatic N) is 2. The lowest BCUT2D eigenvalue weighted by Gasteiger charge is -2.23. The van der Waals surface area contributed by atoms with Crippen molar-refractivity contribution in [2.24, 2.45) is 0 Å². The summed E-state index contributed by atoms with van der Waals surface area (Å²) in [4.78, 5) is 12.8. The number of carbonyl (C=O) groups excluding carboxylic acids is 1. The lowest BCUT2D eigenvalue weighted by molar-refractivity contribution is -0.137. The Morgan fingerprint density at radius 2 is 1.93 bits per heavy atom. The minimum absolute atomic E-state index is 0.0511. The van der Waals surface area contributed by atoms with Crippen LogP contribution in [0.5, 0.6) is 0 Å². The molecule has 1 aliphatic carbocycles. The number of halogens is 3. The van der Waals surface area contributed by atoms with Crippen LogP contribution in [-0.2, 0) is 10.9 Å². The first-order valence-electron chi connectivity index (χ1n) is 9.07. The number of ether oxygens (including phenoxy) is 1. The molecule has 1 N–H and O–H groups in total. The Morgan fingerprint density at radius 1 is 1.19 bits per heavy atom. The zero-order valence-electron chi connectivity index (χ0n) is 14.6. The van der Waals surface area contributed by atoms with Crippen molar-refractivity contribution in [3.8, 4) is 5.69 Å². The van der Waals surface area contributed by atoms with Gasteiger partial charge in [0.1, 0.15) is 0 Å². The van der Waals surface area contributed by atoms with Crippen molar-refractivity contribution in [1.82, 2.24) is 15.1 Å². The van der Waals surface area contributed by atoms with Gasteiger partial charge >= 0.3 is 6.18 Å². The minimum atomic E-state index is -4.42. The molecule has 1 amide bonds. The summed E-state index contributed by atoms with van der Waals surface area (Å²) < 4.78 is 45.9. The molecule has 1 aliphatic heterocycles. The first kappa shape index (κ1) is 18.0. The average Bonchev–Trinajstić information content (AvgIpc) is 3.39. The maximum Gasteiger partial charge on any atom is 0.416 e. The second-order valence-corrected chi connectivity index (χ2v) is 7.04. The van der Waals surface area contributed by atoms with Crippen LogP contribution in [0.3, 0.4) is 0 Å². The van der Waals surface area contributed by atoms with E-state index in [4.69, 9.17) is 4.74 Å². The second kappa shape index (κ2) is 6.99. The van der Waals surface area contributed by atoms with Crippen LogP contribution < -0.4 is 5.32 Å². The van der Waals surface area contributed by atoms with Gasteiger partial charge in [-0.15, -0.1) is 0 Å². The van der Waals surface area contributed by atoms with Crippen molar-refractivity contribution in [1.29, 1.82) is 0 Å². The molecular weight excluding hydrogens is 359 g/mol. The minimum Gasteiger partial charge on any atom is -0.381 e.